The summed E-state index contributed by atoms with van der Waals surface area (Å²) in [4.78, 5) is 16.4. The van der Waals surface area contributed by atoms with Gasteiger partial charge >= 0.3 is 0 Å². The van der Waals surface area contributed by atoms with Gasteiger partial charge in [0.1, 0.15) is 0 Å². The summed E-state index contributed by atoms with van der Waals surface area (Å²) < 4.78 is 26.7. The van der Waals surface area contributed by atoms with E-state index in [0.29, 0.717) is 0 Å². The van der Waals surface area contributed by atoms with Crippen molar-refractivity contribution < 1.29 is 8.42 Å². The van der Waals surface area contributed by atoms with Crippen LogP contribution in [-0.4, -0.2) is 36.4 Å². The number of hydrogen-bond donors (Lipinski definition) is 0. The zero-order valence-electron chi connectivity index (χ0n) is 12.1. The lowest BCUT2D eigenvalue weighted by atomic mass is 10.4. The van der Waals surface area contributed by atoms with Gasteiger partial charge in [-0.25, -0.2) is 17.7 Å². The lowest BCUT2D eigenvalue weighted by molar-refractivity contribution is 0.519. The summed E-state index contributed by atoms with van der Waals surface area (Å²) in [6.45, 7) is 2.28. The van der Waals surface area contributed by atoms with E-state index in [0.717, 1.165) is 21.4 Å². The van der Waals surface area contributed by atoms with E-state index in [4.69, 9.17) is 0 Å². The molecular weight excluding hydrogens is 310 g/mol. The normalized spacial score (nSPS) is 12.0. The van der Waals surface area contributed by atoms with Crippen LogP contribution in [0.5, 0.6) is 0 Å². The molecule has 0 aromatic carbocycles. The molecule has 114 valence electrons. The molecule has 0 saturated carbocycles. The van der Waals surface area contributed by atoms with Crippen LogP contribution in [0.3, 0.4) is 0 Å². The molecule has 2 aromatic heterocycles. The number of thiazole rings is 1. The summed E-state index contributed by atoms with van der Waals surface area (Å²) >= 11 is 1.54. The van der Waals surface area contributed by atoms with Gasteiger partial charge in [0.05, 0.1) is 22.1 Å². The largest absolute Gasteiger partial charge is 0.308 e. The fourth-order valence-corrected chi connectivity index (χ4v) is 3.41. The van der Waals surface area contributed by atoms with E-state index >= 15 is 0 Å². The molecule has 0 N–H and O–H groups in total. The molecule has 0 fully saturated rings. The Morgan fingerprint density at radius 1 is 1.33 bits per heavy atom. The Labute approximate surface area is 127 Å². The van der Waals surface area contributed by atoms with Gasteiger partial charge in [-0.05, 0) is 12.5 Å². The average molecular weight is 327 g/mol. The van der Waals surface area contributed by atoms with Gasteiger partial charge in [-0.15, -0.1) is 11.3 Å². The number of aryl methyl sites for hydroxylation is 1. The topological polar surface area (TPSA) is 72.3 Å². The first-order valence-electron chi connectivity index (χ1n) is 6.41. The molecule has 0 aliphatic heterocycles. The van der Waals surface area contributed by atoms with Crippen molar-refractivity contribution in [3.05, 3.63) is 44.8 Å². The summed E-state index contributed by atoms with van der Waals surface area (Å²) in [6, 6.07) is 2.59. The van der Waals surface area contributed by atoms with Crippen LogP contribution in [0.15, 0.2) is 33.4 Å². The summed E-state index contributed by atoms with van der Waals surface area (Å²) in [5, 5.41) is 2.88. The molecule has 0 amide bonds. The van der Waals surface area contributed by atoms with Crippen molar-refractivity contribution in [2.45, 2.75) is 24.8 Å². The van der Waals surface area contributed by atoms with Gasteiger partial charge in [-0.1, -0.05) is 6.92 Å². The van der Waals surface area contributed by atoms with Crippen LogP contribution >= 0.6 is 11.3 Å². The van der Waals surface area contributed by atoms with Crippen LogP contribution in [0.2, 0.25) is 0 Å². The summed E-state index contributed by atoms with van der Waals surface area (Å²) in [6.07, 6.45) is 2.21. The van der Waals surface area contributed by atoms with Crippen LogP contribution in [0.4, 0.5) is 0 Å². The molecule has 0 aliphatic rings. The first kappa shape index (κ1) is 15.9. The Hall–Kier alpha value is -1.51. The Bertz CT molecular complexity index is 791. The van der Waals surface area contributed by atoms with Crippen LogP contribution in [0, 0.1) is 0 Å². The van der Waals surface area contributed by atoms with Crippen LogP contribution in [0.25, 0.3) is 0 Å². The molecule has 2 heterocycles. The SMILES string of the molecule is CCc1nc(Cn2cc(S(=O)(=O)N(C)C)ccc2=O)cs1. The van der Waals surface area contributed by atoms with Crippen LogP contribution < -0.4 is 5.56 Å². The zero-order valence-corrected chi connectivity index (χ0v) is 13.7. The monoisotopic (exact) mass is 327 g/mol. The minimum atomic E-state index is -3.55. The second-order valence-corrected chi connectivity index (χ2v) is 7.80. The second kappa shape index (κ2) is 6.08. The van der Waals surface area contributed by atoms with Crippen LogP contribution in [-0.2, 0) is 23.0 Å². The Kier molecular flexibility index (Phi) is 4.60. The molecule has 8 heteroatoms. The second-order valence-electron chi connectivity index (χ2n) is 4.70. The Morgan fingerprint density at radius 3 is 2.62 bits per heavy atom. The predicted molar refractivity (Wildman–Crippen MR) is 82.2 cm³/mol. The molecule has 0 bridgehead atoms. The Balaban J connectivity index is 2.38. The van der Waals surface area contributed by atoms with E-state index in [9.17, 15) is 13.2 Å². The van der Waals surface area contributed by atoms with Crippen molar-refractivity contribution in [2.24, 2.45) is 0 Å². The summed E-state index contributed by atoms with van der Waals surface area (Å²) in [5.41, 5.74) is 0.511. The molecule has 0 spiro atoms. The van der Waals surface area contributed by atoms with Crippen molar-refractivity contribution >= 4 is 21.4 Å². The molecule has 0 aliphatic carbocycles. The van der Waals surface area contributed by atoms with E-state index < -0.39 is 10.0 Å². The highest BCUT2D eigenvalue weighted by atomic mass is 32.2. The quantitative estimate of drug-likeness (QED) is 0.826. The number of hydrogen-bond acceptors (Lipinski definition) is 5. The molecule has 0 unspecified atom stereocenters. The van der Waals surface area contributed by atoms with E-state index in [1.165, 1.54) is 48.3 Å². The summed E-state index contributed by atoms with van der Waals surface area (Å²) in [5.74, 6) is 0. The fraction of sp³-hybridized carbons (Fsp3) is 0.385. The summed E-state index contributed by atoms with van der Waals surface area (Å²) in [7, 11) is -0.638. The van der Waals surface area contributed by atoms with Crippen molar-refractivity contribution in [3.63, 3.8) is 0 Å². The Morgan fingerprint density at radius 2 is 2.05 bits per heavy atom. The maximum Gasteiger partial charge on any atom is 0.250 e. The number of pyridine rings is 1. The van der Waals surface area contributed by atoms with Gasteiger partial charge in [0.2, 0.25) is 10.0 Å². The van der Waals surface area contributed by atoms with Crippen molar-refractivity contribution in [1.82, 2.24) is 13.9 Å². The molecule has 0 atom stereocenters. The maximum atomic E-state index is 12.1. The highest BCUT2D eigenvalue weighted by Crippen LogP contribution is 2.13. The lowest BCUT2D eigenvalue weighted by Gasteiger charge is -2.12. The van der Waals surface area contributed by atoms with Crippen molar-refractivity contribution in [2.75, 3.05) is 14.1 Å². The zero-order chi connectivity index (χ0) is 15.6. The van der Waals surface area contributed by atoms with Crippen LogP contribution in [0.1, 0.15) is 17.6 Å². The van der Waals surface area contributed by atoms with Gasteiger partial charge in [0, 0.05) is 31.7 Å². The van der Waals surface area contributed by atoms with Gasteiger partial charge < -0.3 is 4.57 Å². The smallest absolute Gasteiger partial charge is 0.250 e. The number of aromatic nitrogens is 2. The average Bonchev–Trinajstić information content (AvgIpc) is 2.88. The third-order valence-corrected chi connectivity index (χ3v) is 5.81. The van der Waals surface area contributed by atoms with E-state index in [2.05, 4.69) is 4.98 Å². The third-order valence-electron chi connectivity index (χ3n) is 2.97. The van der Waals surface area contributed by atoms with E-state index in [1.807, 2.05) is 12.3 Å². The van der Waals surface area contributed by atoms with Gasteiger partial charge in [0.25, 0.3) is 5.56 Å². The highest BCUT2D eigenvalue weighted by Gasteiger charge is 2.18. The minimum absolute atomic E-state index is 0.0954. The standard InChI is InChI=1S/C13H17N3O3S2/c1-4-12-14-10(9-20-12)7-16-8-11(5-6-13(16)17)21(18,19)15(2)3/h5-6,8-9H,4,7H2,1-3H3. The molecule has 0 saturated heterocycles. The van der Waals surface area contributed by atoms with Gasteiger partial charge in [-0.2, -0.15) is 0 Å². The fourth-order valence-electron chi connectivity index (χ4n) is 1.75. The molecule has 0 radical (unpaired) electrons. The van der Waals surface area contributed by atoms with Crippen molar-refractivity contribution in [1.29, 1.82) is 0 Å². The van der Waals surface area contributed by atoms with E-state index in [1.54, 1.807) is 0 Å². The minimum Gasteiger partial charge on any atom is -0.308 e. The maximum absolute atomic E-state index is 12.1. The van der Waals surface area contributed by atoms with Gasteiger partial charge in [-0.3, -0.25) is 4.79 Å². The molecular formula is C13H17N3O3S2. The number of nitrogens with zero attached hydrogens (tertiary/aromatic N) is 3. The van der Waals surface area contributed by atoms with Gasteiger partial charge in [0.15, 0.2) is 0 Å². The molecule has 6 nitrogen and oxygen atoms in total. The predicted octanol–water partition coefficient (Wildman–Crippen LogP) is 1.17. The first-order chi connectivity index (χ1) is 9.84. The van der Waals surface area contributed by atoms with E-state index in [-0.39, 0.29) is 17.0 Å². The lowest BCUT2D eigenvalue weighted by Crippen LogP contribution is -2.26. The number of sulfonamides is 1. The molecule has 2 rings (SSSR count). The number of rotatable bonds is 5. The third kappa shape index (κ3) is 3.39. The molecule has 21 heavy (non-hydrogen) atoms. The first-order valence-corrected chi connectivity index (χ1v) is 8.73. The van der Waals surface area contributed by atoms with Crippen molar-refractivity contribution in [3.8, 4) is 0 Å². The highest BCUT2D eigenvalue weighted by molar-refractivity contribution is 7.89. The molecule has 2 aromatic rings.